The fourth-order valence-electron chi connectivity index (χ4n) is 2.13. The van der Waals surface area contributed by atoms with Crippen LogP contribution in [0.5, 0.6) is 0 Å². The lowest BCUT2D eigenvalue weighted by Crippen LogP contribution is -2.47. The molecule has 1 heterocycles. The summed E-state index contributed by atoms with van der Waals surface area (Å²) in [5.41, 5.74) is 1.03. The number of amides is 1. The average molecular weight is 274 g/mol. The molecule has 1 atom stereocenters. The van der Waals surface area contributed by atoms with Gasteiger partial charge in [0.25, 0.3) is 0 Å². The average Bonchev–Trinajstić information content (AvgIpc) is 2.92. The molecule has 1 N–H and O–H groups in total. The summed E-state index contributed by atoms with van der Waals surface area (Å²) < 4.78 is 9.97. The van der Waals surface area contributed by atoms with Crippen LogP contribution in [0.25, 0.3) is 0 Å². The molecule has 20 heavy (non-hydrogen) atoms. The number of hydrogen-bond acceptors (Lipinski definition) is 4. The van der Waals surface area contributed by atoms with Crippen molar-refractivity contribution in [3.63, 3.8) is 0 Å². The molecule has 106 valence electrons. The van der Waals surface area contributed by atoms with Crippen LogP contribution in [-0.2, 0) is 21.5 Å². The largest absolute Gasteiger partial charge is 0.382 e. The molecule has 0 saturated heterocycles. The van der Waals surface area contributed by atoms with Gasteiger partial charge in [0, 0.05) is 13.2 Å². The summed E-state index contributed by atoms with van der Waals surface area (Å²) in [5, 5.41) is 6.74. The second-order valence-electron chi connectivity index (χ2n) is 4.85. The molecule has 0 aliphatic heterocycles. The van der Waals surface area contributed by atoms with Gasteiger partial charge in [-0.05, 0) is 12.5 Å². The number of ether oxygens (including phenoxy) is 1. The fourth-order valence-corrected chi connectivity index (χ4v) is 2.13. The zero-order valence-corrected chi connectivity index (χ0v) is 11.6. The molecule has 0 bridgehead atoms. The number of carbonyl (C=O) groups excluding carboxylic acids is 1. The molecule has 5 nitrogen and oxygen atoms in total. The van der Waals surface area contributed by atoms with Crippen LogP contribution in [0.2, 0.25) is 0 Å². The Morgan fingerprint density at radius 1 is 1.35 bits per heavy atom. The molecule has 0 aliphatic rings. The van der Waals surface area contributed by atoms with E-state index < -0.39 is 5.54 Å². The van der Waals surface area contributed by atoms with Crippen molar-refractivity contribution in [3.05, 3.63) is 53.9 Å². The monoisotopic (exact) mass is 274 g/mol. The van der Waals surface area contributed by atoms with Crippen LogP contribution in [0.4, 0.5) is 0 Å². The van der Waals surface area contributed by atoms with Gasteiger partial charge < -0.3 is 14.6 Å². The molecule has 0 saturated carbocycles. The minimum absolute atomic E-state index is 0.123. The zero-order valence-electron chi connectivity index (χ0n) is 11.6. The summed E-state index contributed by atoms with van der Waals surface area (Å²) >= 11 is 0. The van der Waals surface area contributed by atoms with Gasteiger partial charge in [-0.3, -0.25) is 4.79 Å². The Hall–Kier alpha value is -2.14. The Balaban J connectivity index is 2.11. The molecule has 0 spiro atoms. The highest BCUT2D eigenvalue weighted by Crippen LogP contribution is 2.21. The van der Waals surface area contributed by atoms with Gasteiger partial charge >= 0.3 is 0 Å². The third kappa shape index (κ3) is 3.45. The summed E-state index contributed by atoms with van der Waals surface area (Å²) in [6, 6.07) is 11.4. The minimum atomic E-state index is -0.573. The van der Waals surface area contributed by atoms with Crippen LogP contribution in [-0.4, -0.2) is 24.8 Å². The van der Waals surface area contributed by atoms with Crippen molar-refractivity contribution in [2.75, 3.05) is 13.7 Å². The maximum atomic E-state index is 12.1. The molecule has 2 aromatic rings. The van der Waals surface area contributed by atoms with E-state index in [0.717, 1.165) is 5.56 Å². The zero-order chi connectivity index (χ0) is 14.4. The number of carbonyl (C=O) groups is 1. The standard InChI is InChI=1S/C15H18N2O3/c1-15(11-19-2,12-6-4-3-5-7-12)16-14(18)10-13-8-9-20-17-13/h3-9H,10-11H2,1-2H3,(H,16,18). The smallest absolute Gasteiger partial charge is 0.226 e. The van der Waals surface area contributed by atoms with E-state index in [0.29, 0.717) is 12.3 Å². The van der Waals surface area contributed by atoms with Crippen molar-refractivity contribution in [1.82, 2.24) is 10.5 Å². The van der Waals surface area contributed by atoms with Crippen molar-refractivity contribution in [1.29, 1.82) is 0 Å². The van der Waals surface area contributed by atoms with E-state index >= 15 is 0 Å². The predicted molar refractivity (Wildman–Crippen MR) is 74.0 cm³/mol. The maximum Gasteiger partial charge on any atom is 0.226 e. The van der Waals surface area contributed by atoms with Crippen LogP contribution < -0.4 is 5.32 Å². The highest BCUT2D eigenvalue weighted by atomic mass is 16.5. The number of nitrogens with one attached hydrogen (secondary N) is 1. The van der Waals surface area contributed by atoms with Gasteiger partial charge in [0.2, 0.25) is 5.91 Å². The van der Waals surface area contributed by atoms with Gasteiger partial charge in [-0.15, -0.1) is 0 Å². The van der Waals surface area contributed by atoms with Gasteiger partial charge in [0.05, 0.1) is 24.3 Å². The fraction of sp³-hybridized carbons (Fsp3) is 0.333. The number of nitrogens with zero attached hydrogens (tertiary/aromatic N) is 1. The lowest BCUT2D eigenvalue weighted by atomic mass is 9.92. The maximum absolute atomic E-state index is 12.1. The van der Waals surface area contributed by atoms with Crippen molar-refractivity contribution in [2.24, 2.45) is 0 Å². The quantitative estimate of drug-likeness (QED) is 0.873. The summed E-state index contributed by atoms with van der Waals surface area (Å²) in [5.74, 6) is -0.123. The van der Waals surface area contributed by atoms with Crippen LogP contribution in [0.1, 0.15) is 18.2 Å². The lowest BCUT2D eigenvalue weighted by Gasteiger charge is -2.30. The summed E-state index contributed by atoms with van der Waals surface area (Å²) in [4.78, 5) is 12.1. The van der Waals surface area contributed by atoms with Gasteiger partial charge in [-0.1, -0.05) is 35.5 Å². The van der Waals surface area contributed by atoms with Crippen molar-refractivity contribution in [3.8, 4) is 0 Å². The van der Waals surface area contributed by atoms with Crippen LogP contribution in [0.15, 0.2) is 47.2 Å². The first-order chi connectivity index (χ1) is 9.64. The topological polar surface area (TPSA) is 64.4 Å². The highest BCUT2D eigenvalue weighted by Gasteiger charge is 2.28. The van der Waals surface area contributed by atoms with Gasteiger partial charge in [-0.25, -0.2) is 0 Å². The number of aromatic nitrogens is 1. The molecular weight excluding hydrogens is 256 g/mol. The first kappa shape index (κ1) is 14.3. The van der Waals surface area contributed by atoms with Gasteiger partial charge in [0.15, 0.2) is 0 Å². The Morgan fingerprint density at radius 3 is 2.70 bits per heavy atom. The highest BCUT2D eigenvalue weighted by molar-refractivity contribution is 5.79. The van der Waals surface area contributed by atoms with Crippen LogP contribution >= 0.6 is 0 Å². The molecule has 1 aromatic heterocycles. The molecule has 0 fully saturated rings. The number of benzene rings is 1. The van der Waals surface area contributed by atoms with Crippen molar-refractivity contribution < 1.29 is 14.1 Å². The molecule has 1 unspecified atom stereocenters. The van der Waals surface area contributed by atoms with Gasteiger partial charge in [0.1, 0.15) is 6.26 Å². The SMILES string of the molecule is COCC(C)(NC(=O)Cc1ccon1)c1ccccc1. The molecular formula is C15H18N2O3. The Morgan fingerprint density at radius 2 is 2.10 bits per heavy atom. The second kappa shape index (κ2) is 6.34. The van der Waals surface area contributed by atoms with E-state index in [2.05, 4.69) is 10.5 Å². The van der Waals surface area contributed by atoms with E-state index in [1.54, 1.807) is 13.2 Å². The van der Waals surface area contributed by atoms with Crippen LogP contribution in [0.3, 0.4) is 0 Å². The third-order valence-electron chi connectivity index (χ3n) is 3.09. The summed E-state index contributed by atoms with van der Waals surface area (Å²) in [7, 11) is 1.62. The second-order valence-corrected chi connectivity index (χ2v) is 4.85. The Bertz CT molecular complexity index is 540. The minimum Gasteiger partial charge on any atom is -0.382 e. The lowest BCUT2D eigenvalue weighted by molar-refractivity contribution is -0.123. The van der Waals surface area contributed by atoms with E-state index in [-0.39, 0.29) is 12.3 Å². The predicted octanol–water partition coefficient (Wildman–Crippen LogP) is 1.90. The normalized spacial score (nSPS) is 13.7. The van der Waals surface area contributed by atoms with Crippen molar-refractivity contribution >= 4 is 5.91 Å². The van der Waals surface area contributed by atoms with Crippen molar-refractivity contribution in [2.45, 2.75) is 18.9 Å². The molecule has 0 aliphatic carbocycles. The van der Waals surface area contributed by atoms with E-state index in [1.807, 2.05) is 37.3 Å². The van der Waals surface area contributed by atoms with Gasteiger partial charge in [-0.2, -0.15) is 0 Å². The molecule has 1 aromatic carbocycles. The third-order valence-corrected chi connectivity index (χ3v) is 3.09. The first-order valence-electron chi connectivity index (χ1n) is 6.39. The molecule has 0 radical (unpaired) electrons. The van der Waals surface area contributed by atoms with E-state index in [1.165, 1.54) is 6.26 Å². The number of methoxy groups -OCH3 is 1. The Labute approximate surface area is 117 Å². The number of rotatable bonds is 6. The summed E-state index contributed by atoms with van der Waals surface area (Å²) in [6.07, 6.45) is 1.64. The summed E-state index contributed by atoms with van der Waals surface area (Å²) in [6.45, 7) is 2.33. The Kier molecular flexibility index (Phi) is 4.53. The molecule has 1 amide bonds. The van der Waals surface area contributed by atoms with Crippen LogP contribution in [0, 0.1) is 0 Å². The first-order valence-corrected chi connectivity index (χ1v) is 6.39. The van der Waals surface area contributed by atoms with E-state index in [9.17, 15) is 4.79 Å². The van der Waals surface area contributed by atoms with E-state index in [4.69, 9.17) is 9.26 Å². The number of hydrogen-bond donors (Lipinski definition) is 1. The molecule has 2 rings (SSSR count). The molecule has 5 heteroatoms.